The normalized spacial score (nSPS) is 19.8. The lowest BCUT2D eigenvalue weighted by atomic mass is 9.99. The number of nitrogens with one attached hydrogen (secondary N) is 2. The minimum absolute atomic E-state index is 0.150. The van der Waals surface area contributed by atoms with Crippen molar-refractivity contribution in [3.63, 3.8) is 0 Å². The topological polar surface area (TPSA) is 122 Å². The Bertz CT molecular complexity index is 837. The highest BCUT2D eigenvalue weighted by Gasteiger charge is 2.47. The summed E-state index contributed by atoms with van der Waals surface area (Å²) in [6.07, 6.45) is -0.784. The lowest BCUT2D eigenvalue weighted by Crippen LogP contribution is -2.44. The first-order chi connectivity index (χ1) is 13.1. The number of ketones is 1. The molecule has 1 aliphatic heterocycles. The smallest absolute Gasteiger partial charge is 0.327 e. The Morgan fingerprint density at radius 2 is 1.96 bits per heavy atom. The lowest BCUT2D eigenvalue weighted by molar-refractivity contribution is -0.155. The van der Waals surface area contributed by atoms with Crippen molar-refractivity contribution in [1.29, 1.82) is 0 Å². The van der Waals surface area contributed by atoms with Crippen LogP contribution in [0.1, 0.15) is 44.5 Å². The maximum Gasteiger partial charge on any atom is 0.327 e. The van der Waals surface area contributed by atoms with E-state index in [-0.39, 0.29) is 5.78 Å². The Labute approximate surface area is 162 Å². The fraction of sp³-hybridized carbons (Fsp3) is 0.421. The average Bonchev–Trinajstić information content (AvgIpc) is 2.85. The van der Waals surface area contributed by atoms with Crippen molar-refractivity contribution in [2.75, 3.05) is 11.9 Å². The molecular formula is C19H23N3O6. The fourth-order valence-electron chi connectivity index (χ4n) is 2.61. The van der Waals surface area contributed by atoms with Crippen LogP contribution in [-0.2, 0) is 19.1 Å². The number of benzene rings is 1. The van der Waals surface area contributed by atoms with Gasteiger partial charge in [-0.2, -0.15) is 0 Å². The number of ether oxygens (including phenoxy) is 1. The van der Waals surface area contributed by atoms with Crippen LogP contribution in [0.25, 0.3) is 0 Å². The molecule has 1 aromatic carbocycles. The maximum atomic E-state index is 12.3. The molecule has 9 nitrogen and oxygen atoms in total. The van der Waals surface area contributed by atoms with Gasteiger partial charge in [-0.15, -0.1) is 0 Å². The zero-order valence-corrected chi connectivity index (χ0v) is 16.2. The summed E-state index contributed by atoms with van der Waals surface area (Å²) in [6, 6.07) is 5.66. The average molecular weight is 389 g/mol. The standard InChI is InChI=1S/C19H23N3O6/c1-5-19(4)17(26)22(18(27)21-19)10-15(24)28-12(3)16(25)20-14-8-6-7-13(9-14)11(2)23/h6-9,12H,5,10H2,1-4H3,(H,20,25)(H,21,27)/t12-,19-/m1/s1. The van der Waals surface area contributed by atoms with Gasteiger partial charge in [0.1, 0.15) is 12.1 Å². The van der Waals surface area contributed by atoms with Gasteiger partial charge in [0.25, 0.3) is 11.8 Å². The van der Waals surface area contributed by atoms with Gasteiger partial charge in [0.05, 0.1) is 0 Å². The largest absolute Gasteiger partial charge is 0.451 e. The first-order valence-electron chi connectivity index (χ1n) is 8.83. The zero-order valence-electron chi connectivity index (χ0n) is 16.2. The number of Topliss-reactive ketones (excluding diaryl/α,β-unsaturated/α-hetero) is 1. The van der Waals surface area contributed by atoms with Crippen LogP contribution in [0, 0.1) is 0 Å². The van der Waals surface area contributed by atoms with Crippen molar-refractivity contribution in [3.8, 4) is 0 Å². The van der Waals surface area contributed by atoms with E-state index in [0.717, 1.165) is 4.90 Å². The molecule has 0 saturated carbocycles. The molecule has 150 valence electrons. The highest BCUT2D eigenvalue weighted by molar-refractivity contribution is 6.08. The van der Waals surface area contributed by atoms with E-state index in [9.17, 15) is 24.0 Å². The molecule has 4 amide bonds. The molecule has 1 saturated heterocycles. The van der Waals surface area contributed by atoms with Crippen LogP contribution in [0.4, 0.5) is 10.5 Å². The molecule has 0 aliphatic carbocycles. The van der Waals surface area contributed by atoms with Crippen LogP contribution in [0.3, 0.4) is 0 Å². The van der Waals surface area contributed by atoms with E-state index in [4.69, 9.17) is 4.74 Å². The summed E-state index contributed by atoms with van der Waals surface area (Å²) in [5, 5.41) is 5.08. The summed E-state index contributed by atoms with van der Waals surface area (Å²) >= 11 is 0. The van der Waals surface area contributed by atoms with Crippen LogP contribution >= 0.6 is 0 Å². The predicted octanol–water partition coefficient (Wildman–Crippen LogP) is 1.48. The third-order valence-electron chi connectivity index (χ3n) is 4.55. The molecule has 0 unspecified atom stereocenters. The SMILES string of the molecule is CC[C@@]1(C)NC(=O)N(CC(=O)O[C@H](C)C(=O)Nc2cccc(C(C)=O)c2)C1=O. The molecule has 9 heteroatoms. The van der Waals surface area contributed by atoms with E-state index in [2.05, 4.69) is 10.6 Å². The quantitative estimate of drug-likeness (QED) is 0.414. The molecule has 1 heterocycles. The molecule has 0 radical (unpaired) electrons. The van der Waals surface area contributed by atoms with Crippen LogP contribution in [0.15, 0.2) is 24.3 Å². The van der Waals surface area contributed by atoms with Gasteiger partial charge in [-0.3, -0.25) is 24.1 Å². The Morgan fingerprint density at radius 3 is 2.54 bits per heavy atom. The monoisotopic (exact) mass is 389 g/mol. The van der Waals surface area contributed by atoms with Crippen LogP contribution in [0.2, 0.25) is 0 Å². The second-order valence-electron chi connectivity index (χ2n) is 6.77. The van der Waals surface area contributed by atoms with E-state index >= 15 is 0 Å². The minimum atomic E-state index is -1.16. The van der Waals surface area contributed by atoms with E-state index < -0.39 is 42.0 Å². The molecule has 1 aromatic rings. The van der Waals surface area contributed by atoms with Crippen LogP contribution in [-0.4, -0.2) is 52.7 Å². The number of hydrogen-bond acceptors (Lipinski definition) is 6. The third-order valence-corrected chi connectivity index (χ3v) is 4.55. The van der Waals surface area contributed by atoms with Crippen molar-refractivity contribution in [2.45, 2.75) is 45.8 Å². The van der Waals surface area contributed by atoms with Crippen molar-refractivity contribution in [2.24, 2.45) is 0 Å². The van der Waals surface area contributed by atoms with Crippen molar-refractivity contribution >= 4 is 35.3 Å². The van der Waals surface area contributed by atoms with Gasteiger partial charge in [0.2, 0.25) is 0 Å². The van der Waals surface area contributed by atoms with Gasteiger partial charge in [-0.1, -0.05) is 19.1 Å². The lowest BCUT2D eigenvalue weighted by Gasteiger charge is -2.19. The molecule has 2 rings (SSSR count). The van der Waals surface area contributed by atoms with Gasteiger partial charge in [-0.05, 0) is 39.3 Å². The summed E-state index contributed by atoms with van der Waals surface area (Å²) < 4.78 is 5.03. The second-order valence-corrected chi connectivity index (χ2v) is 6.77. The third kappa shape index (κ3) is 4.54. The molecule has 2 atom stereocenters. The highest BCUT2D eigenvalue weighted by Crippen LogP contribution is 2.20. The summed E-state index contributed by atoms with van der Waals surface area (Å²) in [7, 11) is 0. The van der Waals surface area contributed by atoms with Gasteiger partial charge in [-0.25, -0.2) is 4.79 Å². The van der Waals surface area contributed by atoms with Gasteiger partial charge >= 0.3 is 12.0 Å². The number of esters is 1. The fourth-order valence-corrected chi connectivity index (χ4v) is 2.61. The Kier molecular flexibility index (Phi) is 6.17. The molecule has 1 fully saturated rings. The number of amides is 4. The number of carbonyl (C=O) groups excluding carboxylic acids is 5. The van der Waals surface area contributed by atoms with Gasteiger partial charge in [0, 0.05) is 11.3 Å². The van der Waals surface area contributed by atoms with Gasteiger partial charge < -0.3 is 15.4 Å². The molecule has 1 aliphatic rings. The maximum absolute atomic E-state index is 12.3. The summed E-state index contributed by atoms with van der Waals surface area (Å²) in [5.74, 6) is -2.16. The van der Waals surface area contributed by atoms with Gasteiger partial charge in [0.15, 0.2) is 11.9 Å². The van der Waals surface area contributed by atoms with E-state index in [1.165, 1.54) is 19.9 Å². The minimum Gasteiger partial charge on any atom is -0.451 e. The number of imide groups is 1. The van der Waals surface area contributed by atoms with Crippen LogP contribution < -0.4 is 10.6 Å². The number of hydrogen-bond donors (Lipinski definition) is 2. The number of urea groups is 1. The number of nitrogens with zero attached hydrogens (tertiary/aromatic N) is 1. The molecule has 0 bridgehead atoms. The van der Waals surface area contributed by atoms with E-state index in [1.54, 1.807) is 32.0 Å². The highest BCUT2D eigenvalue weighted by atomic mass is 16.5. The van der Waals surface area contributed by atoms with E-state index in [0.29, 0.717) is 17.7 Å². The van der Waals surface area contributed by atoms with Crippen LogP contribution in [0.5, 0.6) is 0 Å². The summed E-state index contributed by atoms with van der Waals surface area (Å²) in [4.78, 5) is 60.7. The molecular weight excluding hydrogens is 366 g/mol. The first kappa shape index (κ1) is 21.1. The Morgan fingerprint density at radius 1 is 1.29 bits per heavy atom. The Hall–Kier alpha value is -3.23. The summed E-state index contributed by atoms with van der Waals surface area (Å²) in [6.45, 7) is 5.50. The molecule has 0 spiro atoms. The van der Waals surface area contributed by atoms with Crippen molar-refractivity contribution in [1.82, 2.24) is 10.2 Å². The van der Waals surface area contributed by atoms with E-state index in [1.807, 2.05) is 0 Å². The number of anilines is 1. The number of rotatable bonds is 7. The van der Waals surface area contributed by atoms with Crippen molar-refractivity contribution in [3.05, 3.63) is 29.8 Å². The Balaban J connectivity index is 1.94. The predicted molar refractivity (Wildman–Crippen MR) is 99.6 cm³/mol. The second kappa shape index (κ2) is 8.20. The molecule has 0 aromatic heterocycles. The molecule has 28 heavy (non-hydrogen) atoms. The molecule has 2 N–H and O–H groups in total. The number of carbonyl (C=O) groups is 5. The summed E-state index contributed by atoms with van der Waals surface area (Å²) in [5.41, 5.74) is -0.240. The van der Waals surface area contributed by atoms with Crippen molar-refractivity contribution < 1.29 is 28.7 Å². The zero-order chi connectivity index (χ0) is 21.1. The first-order valence-corrected chi connectivity index (χ1v) is 8.83.